The molecule has 0 unspecified atom stereocenters. The van der Waals surface area contributed by atoms with Crippen LogP contribution in [-0.2, 0) is 9.47 Å². The Morgan fingerprint density at radius 1 is 1.25 bits per heavy atom. The van der Waals surface area contributed by atoms with Crippen LogP contribution in [0.1, 0.15) is 6.42 Å². The van der Waals surface area contributed by atoms with Crippen LogP contribution in [0, 0.1) is 37.5 Å². The van der Waals surface area contributed by atoms with Gasteiger partial charge in [0, 0.05) is 5.92 Å². The molecule has 2 heteroatoms. The first-order chi connectivity index (χ1) is 5.76. The predicted molar refractivity (Wildman–Crippen MR) is 44.7 cm³/mol. The number of ether oxygens (including phenoxy) is 2. The Labute approximate surface area is 73.2 Å². The van der Waals surface area contributed by atoms with Gasteiger partial charge in [-0.05, 0) is 25.2 Å². The van der Waals surface area contributed by atoms with E-state index in [9.17, 15) is 0 Å². The van der Waals surface area contributed by atoms with E-state index in [4.69, 9.17) is 29.2 Å². The summed E-state index contributed by atoms with van der Waals surface area (Å²) in [5, 5.41) is 0. The average molecular weight is 162 g/mol. The van der Waals surface area contributed by atoms with Crippen LogP contribution in [0.25, 0.3) is 0 Å². The molecule has 1 aliphatic rings. The van der Waals surface area contributed by atoms with Gasteiger partial charge in [-0.25, -0.2) is 0 Å². The molecule has 2 nitrogen and oxygen atoms in total. The zero-order valence-corrected chi connectivity index (χ0v) is 6.75. The first-order valence-corrected chi connectivity index (χ1v) is 3.70. The minimum absolute atomic E-state index is 0.194. The zero-order chi connectivity index (χ0) is 9.03. The molecule has 1 saturated heterocycles. The van der Waals surface area contributed by atoms with Crippen LogP contribution in [-0.4, -0.2) is 19.0 Å². The van der Waals surface area contributed by atoms with Gasteiger partial charge >= 0.3 is 0 Å². The lowest BCUT2D eigenvalue weighted by Crippen LogP contribution is -2.41. The van der Waals surface area contributed by atoms with Crippen LogP contribution in [0.2, 0.25) is 0 Å². The third kappa shape index (κ3) is 1.61. The zero-order valence-electron chi connectivity index (χ0n) is 6.75. The highest BCUT2D eigenvalue weighted by atomic mass is 16.7. The normalized spacial score (nSPS) is 22.6. The molecule has 0 aromatic heterocycles. The van der Waals surface area contributed by atoms with Crippen molar-refractivity contribution in [3.8, 4) is 24.7 Å². The third-order valence-electron chi connectivity index (χ3n) is 1.76. The molecule has 0 spiro atoms. The Balaban J connectivity index is 2.57. The fraction of sp³-hybridized carbons (Fsp3) is 0.500. The molecule has 0 N–H and O–H groups in total. The fourth-order valence-corrected chi connectivity index (χ4v) is 0.905. The lowest BCUT2D eigenvalue weighted by molar-refractivity contribution is -0.213. The lowest BCUT2D eigenvalue weighted by atomic mass is 10.1. The first kappa shape index (κ1) is 9.13. The van der Waals surface area contributed by atoms with Crippen molar-refractivity contribution in [2.24, 2.45) is 5.92 Å². The smallest absolute Gasteiger partial charge is 0.300 e. The minimum Gasteiger partial charge on any atom is -0.329 e. The Hall–Kier alpha value is -0.960. The van der Waals surface area contributed by atoms with Crippen molar-refractivity contribution in [1.29, 1.82) is 0 Å². The van der Waals surface area contributed by atoms with Crippen LogP contribution >= 0.6 is 0 Å². The average Bonchev–Trinajstić information content (AvgIpc) is 2.18. The molecule has 12 heavy (non-hydrogen) atoms. The van der Waals surface area contributed by atoms with E-state index in [-0.39, 0.29) is 5.92 Å². The van der Waals surface area contributed by atoms with Crippen LogP contribution in [0.5, 0.6) is 0 Å². The van der Waals surface area contributed by atoms with Gasteiger partial charge in [0.2, 0.25) is 0 Å². The molecule has 0 atom stereocenters. The maximum Gasteiger partial charge on any atom is 0.300 e. The molecule has 0 aromatic carbocycles. The molecule has 1 rings (SSSR count). The van der Waals surface area contributed by atoms with E-state index in [1.807, 2.05) is 0 Å². The van der Waals surface area contributed by atoms with Gasteiger partial charge in [0.05, 0.1) is 13.2 Å². The summed E-state index contributed by atoms with van der Waals surface area (Å²) >= 11 is 0. The van der Waals surface area contributed by atoms with E-state index >= 15 is 0 Å². The Morgan fingerprint density at radius 2 is 1.75 bits per heavy atom. The standard InChI is InChI=1S/C10H10O2/c1-4-9-7-11-10(5-2,6-3)12-8-9/h1-3,9H,4,7-8H2. The second-order valence-electron chi connectivity index (χ2n) is 2.63. The molecule has 2 radical (unpaired) electrons. The summed E-state index contributed by atoms with van der Waals surface area (Å²) in [6, 6.07) is 0. The van der Waals surface area contributed by atoms with E-state index in [0.29, 0.717) is 19.6 Å². The van der Waals surface area contributed by atoms with Gasteiger partial charge in [-0.2, -0.15) is 0 Å². The molecule has 0 aromatic rings. The van der Waals surface area contributed by atoms with E-state index in [2.05, 4.69) is 11.8 Å². The SMILES string of the molecule is [CH]CC1COC(C#C)(C#C)OC1. The van der Waals surface area contributed by atoms with Crippen LogP contribution in [0.4, 0.5) is 0 Å². The van der Waals surface area contributed by atoms with Crippen molar-refractivity contribution in [3.63, 3.8) is 0 Å². The molecule has 0 amide bonds. The fourth-order valence-electron chi connectivity index (χ4n) is 0.905. The van der Waals surface area contributed by atoms with Crippen molar-refractivity contribution < 1.29 is 9.47 Å². The van der Waals surface area contributed by atoms with Gasteiger partial charge in [-0.3, -0.25) is 0 Å². The molecule has 0 aliphatic carbocycles. The van der Waals surface area contributed by atoms with Crippen molar-refractivity contribution >= 4 is 0 Å². The summed E-state index contributed by atoms with van der Waals surface area (Å²) < 4.78 is 10.4. The topological polar surface area (TPSA) is 18.5 Å². The van der Waals surface area contributed by atoms with Crippen molar-refractivity contribution in [1.82, 2.24) is 0 Å². The maximum atomic E-state index is 5.41. The summed E-state index contributed by atoms with van der Waals surface area (Å²) in [6.07, 6.45) is 10.8. The van der Waals surface area contributed by atoms with Gasteiger partial charge in [0.1, 0.15) is 0 Å². The van der Waals surface area contributed by atoms with Gasteiger partial charge in [-0.15, -0.1) is 12.8 Å². The molecule has 62 valence electrons. The molecular formula is C10H10O2. The van der Waals surface area contributed by atoms with Crippen molar-refractivity contribution in [2.75, 3.05) is 13.2 Å². The second-order valence-corrected chi connectivity index (χ2v) is 2.63. The van der Waals surface area contributed by atoms with Gasteiger partial charge in [-0.1, -0.05) is 0 Å². The third-order valence-corrected chi connectivity index (χ3v) is 1.76. The Bertz CT molecular complexity index is 207. The number of terminal acetylenes is 2. The number of hydrogen-bond acceptors (Lipinski definition) is 2. The maximum absolute atomic E-state index is 5.41. The Morgan fingerprint density at radius 3 is 2.08 bits per heavy atom. The highest BCUT2D eigenvalue weighted by molar-refractivity contribution is 5.20. The van der Waals surface area contributed by atoms with Crippen LogP contribution in [0.3, 0.4) is 0 Å². The minimum atomic E-state index is -1.26. The van der Waals surface area contributed by atoms with Crippen LogP contribution in [0.15, 0.2) is 0 Å². The number of rotatable bonds is 1. The predicted octanol–water partition coefficient (Wildman–Crippen LogP) is 0.713. The molecule has 1 aliphatic heterocycles. The molecule has 1 fully saturated rings. The van der Waals surface area contributed by atoms with Crippen molar-refractivity contribution in [3.05, 3.63) is 6.92 Å². The lowest BCUT2D eigenvalue weighted by Gasteiger charge is -2.32. The highest BCUT2D eigenvalue weighted by Crippen LogP contribution is 2.21. The molecular weight excluding hydrogens is 152 g/mol. The molecule has 0 saturated carbocycles. The van der Waals surface area contributed by atoms with Crippen molar-refractivity contribution in [2.45, 2.75) is 12.2 Å². The monoisotopic (exact) mass is 162 g/mol. The summed E-state index contributed by atoms with van der Waals surface area (Å²) in [5.41, 5.74) is 0. The summed E-state index contributed by atoms with van der Waals surface area (Å²) in [6.45, 7) is 6.34. The van der Waals surface area contributed by atoms with Crippen LogP contribution < -0.4 is 0 Å². The van der Waals surface area contributed by atoms with E-state index < -0.39 is 5.79 Å². The van der Waals surface area contributed by atoms with Gasteiger partial charge < -0.3 is 9.47 Å². The second kappa shape index (κ2) is 3.63. The summed E-state index contributed by atoms with van der Waals surface area (Å²) in [7, 11) is 0. The summed E-state index contributed by atoms with van der Waals surface area (Å²) in [4.78, 5) is 0. The first-order valence-electron chi connectivity index (χ1n) is 3.70. The van der Waals surface area contributed by atoms with E-state index in [1.54, 1.807) is 0 Å². The van der Waals surface area contributed by atoms with E-state index in [0.717, 1.165) is 0 Å². The number of hydrogen-bond donors (Lipinski definition) is 0. The summed E-state index contributed by atoms with van der Waals surface area (Å²) in [5.74, 6) is 3.52. The Kier molecular flexibility index (Phi) is 2.76. The largest absolute Gasteiger partial charge is 0.329 e. The molecule has 1 heterocycles. The highest BCUT2D eigenvalue weighted by Gasteiger charge is 2.33. The van der Waals surface area contributed by atoms with Gasteiger partial charge in [0.15, 0.2) is 0 Å². The van der Waals surface area contributed by atoms with E-state index in [1.165, 1.54) is 0 Å². The molecule has 0 bridgehead atoms. The quantitative estimate of drug-likeness (QED) is 0.529. The van der Waals surface area contributed by atoms with Gasteiger partial charge in [0.25, 0.3) is 5.79 Å².